The number of ketones is 1. The molecule has 0 bridgehead atoms. The van der Waals surface area contributed by atoms with Crippen LogP contribution in [0.4, 0.5) is 0 Å². The first kappa shape index (κ1) is 22.3. The molecule has 2 aromatic carbocycles. The lowest BCUT2D eigenvalue weighted by molar-refractivity contribution is -0.277. The molecule has 5 N–H and O–H groups in total. The van der Waals surface area contributed by atoms with E-state index in [1.165, 1.54) is 6.07 Å². The quantitative estimate of drug-likeness (QED) is 0.420. The lowest BCUT2D eigenvalue weighted by Gasteiger charge is -2.39. The Morgan fingerprint density at radius 1 is 1.03 bits per heavy atom. The second-order valence-electron chi connectivity index (χ2n) is 7.63. The average molecular weight is 448 g/mol. The smallest absolute Gasteiger partial charge is 0.229 e. The fourth-order valence-electron chi connectivity index (χ4n) is 3.81. The van der Waals surface area contributed by atoms with Crippen LogP contribution in [-0.2, 0) is 4.74 Å². The Hall–Kier alpha value is -2.89. The van der Waals surface area contributed by atoms with Crippen LogP contribution in [0, 0.1) is 0 Å². The van der Waals surface area contributed by atoms with Crippen molar-refractivity contribution in [3.63, 3.8) is 0 Å². The van der Waals surface area contributed by atoms with E-state index in [2.05, 4.69) is 0 Å². The minimum Gasteiger partial charge on any atom is -0.507 e. The number of aliphatic hydroxyl groups is 4. The summed E-state index contributed by atoms with van der Waals surface area (Å²) in [7, 11) is 1.54. The Kier molecular flexibility index (Phi) is 6.22. The third kappa shape index (κ3) is 3.98. The zero-order chi connectivity index (χ0) is 23.0. The Bertz CT molecular complexity index is 973. The van der Waals surface area contributed by atoms with Crippen molar-refractivity contribution in [1.29, 1.82) is 0 Å². The number of phenols is 1. The third-order valence-corrected chi connectivity index (χ3v) is 5.64. The number of aromatic hydroxyl groups is 1. The van der Waals surface area contributed by atoms with Gasteiger partial charge in [0.25, 0.3) is 0 Å². The Morgan fingerprint density at radius 2 is 1.75 bits per heavy atom. The van der Waals surface area contributed by atoms with Gasteiger partial charge in [-0.25, -0.2) is 0 Å². The maximum Gasteiger partial charge on any atom is 0.229 e. The van der Waals surface area contributed by atoms with E-state index >= 15 is 0 Å². The molecule has 4 rings (SSSR count). The van der Waals surface area contributed by atoms with Crippen LogP contribution in [0.25, 0.3) is 0 Å². The summed E-state index contributed by atoms with van der Waals surface area (Å²) in [5.41, 5.74) is 0.709. The minimum absolute atomic E-state index is 0.00118. The van der Waals surface area contributed by atoms with Gasteiger partial charge in [0, 0.05) is 12.1 Å². The van der Waals surface area contributed by atoms with Crippen molar-refractivity contribution in [3.05, 3.63) is 47.5 Å². The summed E-state index contributed by atoms with van der Waals surface area (Å²) >= 11 is 0. The first-order chi connectivity index (χ1) is 15.3. The molecule has 0 spiro atoms. The number of benzene rings is 2. The zero-order valence-electron chi connectivity index (χ0n) is 17.1. The van der Waals surface area contributed by atoms with Crippen molar-refractivity contribution in [3.8, 4) is 23.0 Å². The Balaban J connectivity index is 1.55. The van der Waals surface area contributed by atoms with Crippen LogP contribution in [0.2, 0.25) is 0 Å². The number of fused-ring (bicyclic) bond motifs is 1. The van der Waals surface area contributed by atoms with Crippen LogP contribution in [-0.4, -0.2) is 82.3 Å². The first-order valence-corrected chi connectivity index (χ1v) is 9.99. The fourth-order valence-corrected chi connectivity index (χ4v) is 3.81. The molecule has 0 radical (unpaired) electrons. The van der Waals surface area contributed by atoms with Gasteiger partial charge in [0.2, 0.25) is 6.29 Å². The predicted molar refractivity (Wildman–Crippen MR) is 108 cm³/mol. The lowest BCUT2D eigenvalue weighted by atomic mass is 9.88. The highest BCUT2D eigenvalue weighted by Gasteiger charge is 2.45. The van der Waals surface area contributed by atoms with Crippen LogP contribution in [0.3, 0.4) is 0 Å². The number of Topliss-reactive ketones (excluding diaryl/α,β-unsaturated/α-hetero) is 1. The van der Waals surface area contributed by atoms with Gasteiger partial charge in [-0.1, -0.05) is 12.1 Å². The van der Waals surface area contributed by atoms with E-state index in [0.717, 1.165) is 6.07 Å². The molecule has 1 unspecified atom stereocenters. The summed E-state index contributed by atoms with van der Waals surface area (Å²) < 4.78 is 21.7. The van der Waals surface area contributed by atoms with Crippen LogP contribution in [0.15, 0.2) is 36.4 Å². The van der Waals surface area contributed by atoms with Gasteiger partial charge in [0.05, 0.1) is 19.6 Å². The molecule has 2 heterocycles. The molecular formula is C22H24O10. The second-order valence-corrected chi connectivity index (χ2v) is 7.63. The van der Waals surface area contributed by atoms with Gasteiger partial charge < -0.3 is 44.5 Å². The van der Waals surface area contributed by atoms with Gasteiger partial charge in [0.1, 0.15) is 59.6 Å². The van der Waals surface area contributed by atoms with Crippen LogP contribution < -0.4 is 14.2 Å². The second kappa shape index (κ2) is 8.93. The lowest BCUT2D eigenvalue weighted by Crippen LogP contribution is -2.60. The highest BCUT2D eigenvalue weighted by atomic mass is 16.7. The molecule has 2 aliphatic heterocycles. The van der Waals surface area contributed by atoms with Crippen molar-refractivity contribution in [2.75, 3.05) is 20.3 Å². The van der Waals surface area contributed by atoms with Crippen LogP contribution >= 0.6 is 0 Å². The fraction of sp³-hybridized carbons (Fsp3) is 0.409. The van der Waals surface area contributed by atoms with Gasteiger partial charge in [-0.15, -0.1) is 0 Å². The van der Waals surface area contributed by atoms with Crippen LogP contribution in [0.5, 0.6) is 23.0 Å². The van der Waals surface area contributed by atoms with Crippen molar-refractivity contribution >= 4 is 5.78 Å². The van der Waals surface area contributed by atoms with Gasteiger partial charge >= 0.3 is 0 Å². The molecule has 2 aliphatic rings. The normalized spacial score (nSPS) is 29.7. The summed E-state index contributed by atoms with van der Waals surface area (Å²) in [6.45, 7) is -0.564. The molecule has 0 saturated carbocycles. The number of rotatable bonds is 5. The summed E-state index contributed by atoms with van der Waals surface area (Å²) in [6, 6.07) is 9.49. The van der Waals surface area contributed by atoms with E-state index in [9.17, 15) is 30.3 Å². The van der Waals surface area contributed by atoms with Crippen molar-refractivity contribution in [2.24, 2.45) is 0 Å². The van der Waals surface area contributed by atoms with Gasteiger partial charge in [-0.05, 0) is 17.7 Å². The minimum atomic E-state index is -1.62. The topological polar surface area (TPSA) is 155 Å². The summed E-state index contributed by atoms with van der Waals surface area (Å²) in [6.07, 6.45) is -7.34. The molecule has 6 atom stereocenters. The van der Waals surface area contributed by atoms with E-state index in [4.69, 9.17) is 18.9 Å². The highest BCUT2D eigenvalue weighted by Crippen LogP contribution is 2.41. The molecule has 2 aromatic rings. The molecule has 1 saturated heterocycles. The zero-order valence-corrected chi connectivity index (χ0v) is 17.1. The monoisotopic (exact) mass is 448 g/mol. The van der Waals surface area contributed by atoms with Crippen LogP contribution in [0.1, 0.15) is 21.8 Å². The van der Waals surface area contributed by atoms with E-state index in [0.29, 0.717) is 11.3 Å². The molecule has 0 amide bonds. The molecule has 0 aromatic heterocycles. The Morgan fingerprint density at radius 3 is 2.41 bits per heavy atom. The number of methoxy groups -OCH3 is 1. The number of hydrogen-bond donors (Lipinski definition) is 5. The van der Waals surface area contributed by atoms with Gasteiger partial charge in [-0.2, -0.15) is 0 Å². The Labute approximate surface area is 183 Å². The van der Waals surface area contributed by atoms with E-state index in [1.807, 2.05) is 0 Å². The van der Waals surface area contributed by atoms with Crippen molar-refractivity contribution in [2.45, 2.75) is 36.6 Å². The number of hydrogen-bond acceptors (Lipinski definition) is 10. The van der Waals surface area contributed by atoms with E-state index in [1.54, 1.807) is 31.4 Å². The predicted octanol–water partition coefficient (Wildman–Crippen LogP) is -0.0616. The number of phenolic OH excluding ortho intramolecular Hbond substituents is 1. The van der Waals surface area contributed by atoms with Gasteiger partial charge in [0.15, 0.2) is 5.78 Å². The maximum atomic E-state index is 13.0. The molecule has 1 fully saturated rings. The maximum absolute atomic E-state index is 13.0. The van der Waals surface area contributed by atoms with E-state index in [-0.39, 0.29) is 35.2 Å². The molecular weight excluding hydrogens is 424 g/mol. The number of carbonyl (C=O) groups excluding carboxylic acids is 1. The van der Waals surface area contributed by atoms with Crippen molar-refractivity contribution in [1.82, 2.24) is 0 Å². The molecule has 172 valence electrons. The molecule has 32 heavy (non-hydrogen) atoms. The third-order valence-electron chi connectivity index (χ3n) is 5.64. The van der Waals surface area contributed by atoms with E-state index < -0.39 is 43.2 Å². The largest absolute Gasteiger partial charge is 0.507 e. The summed E-state index contributed by atoms with van der Waals surface area (Å²) in [5, 5.41) is 49.7. The highest BCUT2D eigenvalue weighted by molar-refractivity contribution is 6.06. The summed E-state index contributed by atoms with van der Waals surface area (Å²) in [5.74, 6) is -0.577. The molecule has 10 heteroatoms. The molecule has 10 nitrogen and oxygen atoms in total. The molecule has 0 aliphatic carbocycles. The average Bonchev–Trinajstić information content (AvgIpc) is 2.79. The SMILES string of the molecule is COc1ccc(C2COc3cc(O[C@@H]4O[C@H](CO)[C@@H](O)[C@@H](O)[C@H]4O)cc(O)c3C2=O)cc1. The van der Waals surface area contributed by atoms with Crippen molar-refractivity contribution < 1.29 is 49.3 Å². The van der Waals surface area contributed by atoms with Gasteiger partial charge in [-0.3, -0.25) is 4.79 Å². The number of carbonyl (C=O) groups is 1. The first-order valence-electron chi connectivity index (χ1n) is 9.99. The number of ether oxygens (including phenoxy) is 4. The summed E-state index contributed by atoms with van der Waals surface area (Å²) in [4.78, 5) is 13.0. The standard InChI is InChI=1S/C22H24O10/c1-29-11-4-2-10(3-5-11)13-9-30-15-7-12(6-14(24)17(15)18(13)25)31-22-21(28)20(27)19(26)16(8-23)32-22/h2-7,13,16,19-24,26-28H,8-9H2,1H3/t13?,16-,19-,20-,21-,22-/m1/s1. The number of aliphatic hydroxyl groups excluding tert-OH is 4.